The first kappa shape index (κ1) is 11.6. The fourth-order valence-electron chi connectivity index (χ4n) is 2.54. The van der Waals surface area contributed by atoms with Crippen LogP contribution in [0.4, 0.5) is 5.69 Å². The van der Waals surface area contributed by atoms with Gasteiger partial charge in [0.2, 0.25) is 5.91 Å². The fraction of sp³-hybridized carbons (Fsp3) is 0.385. The zero-order chi connectivity index (χ0) is 12.8. The number of aliphatic carboxylic acids is 1. The molecule has 18 heavy (non-hydrogen) atoms. The topological polar surface area (TPSA) is 66.4 Å². The first-order valence-electron chi connectivity index (χ1n) is 5.92. The molecule has 0 saturated heterocycles. The van der Waals surface area contributed by atoms with E-state index in [4.69, 9.17) is 0 Å². The van der Waals surface area contributed by atoms with Crippen LogP contribution in [0.15, 0.2) is 23.1 Å². The Balaban J connectivity index is 2.01. The van der Waals surface area contributed by atoms with Crippen LogP contribution in [0.3, 0.4) is 0 Å². The molecule has 0 bridgehead atoms. The van der Waals surface area contributed by atoms with Crippen LogP contribution in [0, 0.1) is 0 Å². The molecule has 1 aliphatic heterocycles. The SMILES string of the molecule is O=C1CSc2ccc(C3(C(=O)O)CCC3)cc2N1. The first-order chi connectivity index (χ1) is 8.62. The highest BCUT2D eigenvalue weighted by molar-refractivity contribution is 8.00. The van der Waals surface area contributed by atoms with E-state index < -0.39 is 11.4 Å². The van der Waals surface area contributed by atoms with Crippen molar-refractivity contribution >= 4 is 29.3 Å². The highest BCUT2D eigenvalue weighted by atomic mass is 32.2. The van der Waals surface area contributed by atoms with E-state index >= 15 is 0 Å². The zero-order valence-corrected chi connectivity index (χ0v) is 10.5. The predicted octanol–water partition coefficient (Wildman–Crippen LogP) is 2.24. The van der Waals surface area contributed by atoms with Crippen LogP contribution in [0.5, 0.6) is 0 Å². The molecule has 5 heteroatoms. The second-order valence-electron chi connectivity index (χ2n) is 4.79. The Hall–Kier alpha value is -1.49. The van der Waals surface area contributed by atoms with Gasteiger partial charge in [-0.15, -0.1) is 11.8 Å². The Morgan fingerprint density at radius 2 is 2.17 bits per heavy atom. The van der Waals surface area contributed by atoms with Crippen molar-refractivity contribution in [3.63, 3.8) is 0 Å². The van der Waals surface area contributed by atoms with Crippen molar-refractivity contribution in [3.05, 3.63) is 23.8 Å². The van der Waals surface area contributed by atoms with Crippen LogP contribution in [0.1, 0.15) is 24.8 Å². The van der Waals surface area contributed by atoms with Crippen molar-refractivity contribution in [2.75, 3.05) is 11.1 Å². The summed E-state index contributed by atoms with van der Waals surface area (Å²) in [6, 6.07) is 5.63. The van der Waals surface area contributed by atoms with Gasteiger partial charge in [-0.2, -0.15) is 0 Å². The summed E-state index contributed by atoms with van der Waals surface area (Å²) in [6.07, 6.45) is 2.31. The Morgan fingerprint density at radius 1 is 1.39 bits per heavy atom. The van der Waals surface area contributed by atoms with Crippen LogP contribution in [-0.4, -0.2) is 22.7 Å². The maximum absolute atomic E-state index is 11.4. The number of amides is 1. The fourth-order valence-corrected chi connectivity index (χ4v) is 3.33. The maximum Gasteiger partial charge on any atom is 0.314 e. The molecule has 1 amide bonds. The molecule has 1 fully saturated rings. The summed E-state index contributed by atoms with van der Waals surface area (Å²) in [6.45, 7) is 0. The van der Waals surface area contributed by atoms with Gasteiger partial charge in [0.15, 0.2) is 0 Å². The average Bonchev–Trinajstić information content (AvgIpc) is 2.26. The van der Waals surface area contributed by atoms with E-state index in [1.165, 1.54) is 11.8 Å². The van der Waals surface area contributed by atoms with Gasteiger partial charge >= 0.3 is 5.97 Å². The van der Waals surface area contributed by atoms with Gasteiger partial charge in [-0.25, -0.2) is 0 Å². The van der Waals surface area contributed by atoms with Gasteiger partial charge in [-0.05, 0) is 30.5 Å². The van der Waals surface area contributed by atoms with E-state index in [-0.39, 0.29) is 5.91 Å². The largest absolute Gasteiger partial charge is 0.481 e. The van der Waals surface area contributed by atoms with Gasteiger partial charge in [0, 0.05) is 4.90 Å². The number of hydrogen-bond acceptors (Lipinski definition) is 3. The Kier molecular flexibility index (Phi) is 2.59. The predicted molar refractivity (Wildman–Crippen MR) is 69.0 cm³/mol. The molecule has 3 rings (SSSR count). The van der Waals surface area contributed by atoms with E-state index in [9.17, 15) is 14.7 Å². The highest BCUT2D eigenvalue weighted by Crippen LogP contribution is 2.46. The molecule has 1 aliphatic carbocycles. The number of carbonyl (C=O) groups is 2. The lowest BCUT2D eigenvalue weighted by molar-refractivity contribution is -0.147. The lowest BCUT2D eigenvalue weighted by atomic mass is 9.64. The van der Waals surface area contributed by atoms with Crippen molar-refractivity contribution in [3.8, 4) is 0 Å². The van der Waals surface area contributed by atoms with Gasteiger partial charge in [-0.1, -0.05) is 12.5 Å². The number of thioether (sulfide) groups is 1. The third-order valence-corrected chi connectivity index (χ3v) is 4.86. The Morgan fingerprint density at radius 3 is 2.78 bits per heavy atom. The second-order valence-corrected chi connectivity index (χ2v) is 5.81. The van der Waals surface area contributed by atoms with Crippen molar-refractivity contribution < 1.29 is 14.7 Å². The summed E-state index contributed by atoms with van der Waals surface area (Å²) in [4.78, 5) is 23.8. The minimum atomic E-state index is -0.761. The molecular weight excluding hydrogens is 250 g/mol. The van der Waals surface area contributed by atoms with Crippen LogP contribution in [0.25, 0.3) is 0 Å². The molecule has 0 unspecified atom stereocenters. The molecule has 1 saturated carbocycles. The number of nitrogens with one attached hydrogen (secondary N) is 1. The molecule has 2 aliphatic rings. The minimum Gasteiger partial charge on any atom is -0.481 e. The molecular formula is C13H13NO3S. The minimum absolute atomic E-state index is 0.0253. The highest BCUT2D eigenvalue weighted by Gasteiger charge is 2.46. The normalized spacial score (nSPS) is 20.6. The van der Waals surface area contributed by atoms with Crippen molar-refractivity contribution in [2.45, 2.75) is 29.6 Å². The van der Waals surface area contributed by atoms with Crippen molar-refractivity contribution in [1.82, 2.24) is 0 Å². The third-order valence-electron chi connectivity index (χ3n) is 3.78. The van der Waals surface area contributed by atoms with Crippen LogP contribution < -0.4 is 5.32 Å². The molecule has 0 aromatic heterocycles. The molecule has 1 aromatic rings. The number of fused-ring (bicyclic) bond motifs is 1. The molecule has 94 valence electrons. The third kappa shape index (κ3) is 1.61. The summed E-state index contributed by atoms with van der Waals surface area (Å²) >= 11 is 1.49. The summed E-state index contributed by atoms with van der Waals surface area (Å²) in [5, 5.41) is 12.2. The van der Waals surface area contributed by atoms with E-state index in [0.717, 1.165) is 22.6 Å². The lowest BCUT2D eigenvalue weighted by Gasteiger charge is -2.38. The van der Waals surface area contributed by atoms with Gasteiger partial charge in [0.25, 0.3) is 0 Å². The number of carboxylic acids is 1. The molecule has 0 atom stereocenters. The zero-order valence-electron chi connectivity index (χ0n) is 9.73. The molecule has 2 N–H and O–H groups in total. The van der Waals surface area contributed by atoms with E-state index in [0.29, 0.717) is 18.6 Å². The summed E-state index contributed by atoms with van der Waals surface area (Å²) in [5.41, 5.74) is 0.825. The summed E-state index contributed by atoms with van der Waals surface area (Å²) < 4.78 is 0. The average molecular weight is 263 g/mol. The summed E-state index contributed by atoms with van der Waals surface area (Å²) in [5.74, 6) is -0.359. The van der Waals surface area contributed by atoms with Gasteiger partial charge in [0.05, 0.1) is 16.9 Å². The maximum atomic E-state index is 11.4. The number of rotatable bonds is 2. The lowest BCUT2D eigenvalue weighted by Crippen LogP contribution is -2.42. The number of carbonyl (C=O) groups excluding carboxylic acids is 1. The Labute approximate surface area is 109 Å². The first-order valence-corrected chi connectivity index (χ1v) is 6.91. The summed E-state index contributed by atoms with van der Waals surface area (Å²) in [7, 11) is 0. The second kappa shape index (κ2) is 4.02. The smallest absolute Gasteiger partial charge is 0.314 e. The number of anilines is 1. The Bertz CT molecular complexity index is 537. The van der Waals surface area contributed by atoms with Gasteiger partial charge in [-0.3, -0.25) is 9.59 Å². The molecule has 0 spiro atoms. The quantitative estimate of drug-likeness (QED) is 0.858. The standard InChI is InChI=1S/C13H13NO3S/c15-11-7-18-10-3-2-8(6-9(10)14-11)13(12(16)17)4-1-5-13/h2-3,6H,1,4-5,7H2,(H,14,15)(H,16,17). The van der Waals surface area contributed by atoms with Crippen LogP contribution in [0.2, 0.25) is 0 Å². The number of hydrogen-bond donors (Lipinski definition) is 2. The monoisotopic (exact) mass is 263 g/mol. The molecule has 4 nitrogen and oxygen atoms in total. The number of benzene rings is 1. The van der Waals surface area contributed by atoms with Gasteiger partial charge < -0.3 is 10.4 Å². The van der Waals surface area contributed by atoms with E-state index in [1.807, 2.05) is 18.2 Å². The van der Waals surface area contributed by atoms with E-state index in [1.54, 1.807) is 0 Å². The molecule has 0 radical (unpaired) electrons. The van der Waals surface area contributed by atoms with Gasteiger partial charge in [0.1, 0.15) is 0 Å². The van der Waals surface area contributed by atoms with E-state index in [2.05, 4.69) is 5.32 Å². The van der Waals surface area contributed by atoms with Crippen molar-refractivity contribution in [1.29, 1.82) is 0 Å². The number of carboxylic acid groups (broad SMARTS) is 1. The van der Waals surface area contributed by atoms with Crippen LogP contribution >= 0.6 is 11.8 Å². The van der Waals surface area contributed by atoms with Crippen LogP contribution in [-0.2, 0) is 15.0 Å². The molecule has 1 heterocycles. The molecule has 1 aromatic carbocycles. The van der Waals surface area contributed by atoms with Crippen molar-refractivity contribution in [2.24, 2.45) is 0 Å².